The van der Waals surface area contributed by atoms with Gasteiger partial charge in [-0.05, 0) is 47.9 Å². The molecule has 0 radical (unpaired) electrons. The summed E-state index contributed by atoms with van der Waals surface area (Å²) in [5.41, 5.74) is 6.80. The fourth-order valence-electron chi connectivity index (χ4n) is 2.08. The first-order chi connectivity index (χ1) is 9.29. The molecule has 0 bridgehead atoms. The van der Waals surface area contributed by atoms with Crippen LogP contribution in [-0.2, 0) is 6.18 Å². The third-order valence-electron chi connectivity index (χ3n) is 3.14. The van der Waals surface area contributed by atoms with Crippen molar-refractivity contribution in [1.29, 1.82) is 0 Å². The van der Waals surface area contributed by atoms with E-state index >= 15 is 0 Å². The quantitative estimate of drug-likeness (QED) is 0.821. The van der Waals surface area contributed by atoms with E-state index in [0.717, 1.165) is 12.1 Å². The number of alkyl halides is 3. The number of rotatable bonds is 2. The highest BCUT2D eigenvalue weighted by Gasteiger charge is 2.30. The van der Waals surface area contributed by atoms with Gasteiger partial charge in [0, 0.05) is 0 Å². The van der Waals surface area contributed by atoms with Crippen molar-refractivity contribution in [2.45, 2.75) is 19.1 Å². The summed E-state index contributed by atoms with van der Waals surface area (Å²) in [5, 5.41) is 0. The Morgan fingerprint density at radius 3 is 2.35 bits per heavy atom. The number of benzene rings is 2. The molecule has 0 spiro atoms. The number of halogens is 4. The molecule has 2 aromatic carbocycles. The van der Waals surface area contributed by atoms with E-state index < -0.39 is 23.6 Å². The number of hydrogen-bond acceptors (Lipinski definition) is 1. The standard InChI is InChI=1S/C15H13F4N/c1-9-7-12(16)5-6-13(9)14(20)10-3-2-4-11(8-10)15(17,18)19/h2-8,14H,20H2,1H3. The molecule has 0 amide bonds. The lowest BCUT2D eigenvalue weighted by Gasteiger charge is -2.17. The highest BCUT2D eigenvalue weighted by molar-refractivity contribution is 5.38. The first kappa shape index (κ1) is 14.5. The van der Waals surface area contributed by atoms with Crippen molar-refractivity contribution < 1.29 is 17.6 Å². The van der Waals surface area contributed by atoms with Crippen LogP contribution in [0, 0.1) is 12.7 Å². The normalized spacial score (nSPS) is 13.3. The molecular weight excluding hydrogens is 270 g/mol. The second-order valence-corrected chi connectivity index (χ2v) is 4.60. The Labute approximate surface area is 114 Å². The molecule has 1 unspecified atom stereocenters. The first-order valence-corrected chi connectivity index (χ1v) is 5.98. The summed E-state index contributed by atoms with van der Waals surface area (Å²) in [6, 6.07) is 8.19. The van der Waals surface area contributed by atoms with Gasteiger partial charge in [0.25, 0.3) is 0 Å². The molecule has 0 aliphatic rings. The van der Waals surface area contributed by atoms with E-state index in [1.807, 2.05) is 0 Å². The van der Waals surface area contributed by atoms with E-state index in [1.165, 1.54) is 30.3 Å². The van der Waals surface area contributed by atoms with Gasteiger partial charge in [0.15, 0.2) is 0 Å². The maximum atomic E-state index is 13.0. The van der Waals surface area contributed by atoms with Crippen molar-refractivity contribution in [2.75, 3.05) is 0 Å². The highest BCUT2D eigenvalue weighted by atomic mass is 19.4. The average molecular weight is 283 g/mol. The minimum absolute atomic E-state index is 0.342. The van der Waals surface area contributed by atoms with Crippen LogP contribution in [0.25, 0.3) is 0 Å². The zero-order chi connectivity index (χ0) is 14.9. The molecule has 0 saturated carbocycles. The number of hydrogen-bond donors (Lipinski definition) is 1. The second kappa shape index (κ2) is 5.25. The van der Waals surface area contributed by atoms with Crippen LogP contribution in [0.5, 0.6) is 0 Å². The van der Waals surface area contributed by atoms with E-state index in [1.54, 1.807) is 6.92 Å². The van der Waals surface area contributed by atoms with Gasteiger partial charge in [-0.3, -0.25) is 0 Å². The summed E-state index contributed by atoms with van der Waals surface area (Å²) in [5.74, 6) is -0.400. The highest BCUT2D eigenvalue weighted by Crippen LogP contribution is 2.32. The molecule has 5 heteroatoms. The molecule has 0 fully saturated rings. The smallest absolute Gasteiger partial charge is 0.320 e. The van der Waals surface area contributed by atoms with Crippen molar-refractivity contribution in [2.24, 2.45) is 5.73 Å². The fourth-order valence-corrected chi connectivity index (χ4v) is 2.08. The molecule has 1 nitrogen and oxygen atoms in total. The minimum atomic E-state index is -4.41. The minimum Gasteiger partial charge on any atom is -0.320 e. The van der Waals surface area contributed by atoms with Crippen LogP contribution in [-0.4, -0.2) is 0 Å². The van der Waals surface area contributed by atoms with Crippen molar-refractivity contribution in [3.63, 3.8) is 0 Å². The Kier molecular flexibility index (Phi) is 3.81. The van der Waals surface area contributed by atoms with E-state index in [0.29, 0.717) is 16.7 Å². The van der Waals surface area contributed by atoms with Gasteiger partial charge in [0.1, 0.15) is 5.82 Å². The predicted molar refractivity (Wildman–Crippen MR) is 68.6 cm³/mol. The topological polar surface area (TPSA) is 26.0 Å². The van der Waals surface area contributed by atoms with E-state index in [-0.39, 0.29) is 0 Å². The van der Waals surface area contributed by atoms with Crippen LogP contribution < -0.4 is 5.73 Å². The van der Waals surface area contributed by atoms with Crippen LogP contribution in [0.15, 0.2) is 42.5 Å². The summed E-state index contributed by atoms with van der Waals surface area (Å²) < 4.78 is 51.1. The number of nitrogens with two attached hydrogens (primary N) is 1. The molecule has 0 aliphatic carbocycles. The Bertz CT molecular complexity index is 620. The van der Waals surface area contributed by atoms with Gasteiger partial charge in [0.05, 0.1) is 11.6 Å². The molecule has 20 heavy (non-hydrogen) atoms. The van der Waals surface area contributed by atoms with Crippen LogP contribution in [0.3, 0.4) is 0 Å². The molecular formula is C15H13F4N. The van der Waals surface area contributed by atoms with Crippen molar-refractivity contribution in [3.8, 4) is 0 Å². The molecule has 1 atom stereocenters. The van der Waals surface area contributed by atoms with Gasteiger partial charge in [-0.15, -0.1) is 0 Å². The van der Waals surface area contributed by atoms with E-state index in [9.17, 15) is 17.6 Å². The maximum absolute atomic E-state index is 13.0. The van der Waals surface area contributed by atoms with Gasteiger partial charge >= 0.3 is 6.18 Å². The zero-order valence-electron chi connectivity index (χ0n) is 10.7. The van der Waals surface area contributed by atoms with Gasteiger partial charge in [-0.1, -0.05) is 18.2 Å². The molecule has 2 rings (SSSR count). The molecule has 0 heterocycles. The van der Waals surface area contributed by atoms with Crippen LogP contribution in [0.2, 0.25) is 0 Å². The van der Waals surface area contributed by atoms with Crippen LogP contribution >= 0.6 is 0 Å². The SMILES string of the molecule is Cc1cc(F)ccc1C(N)c1cccc(C(F)(F)F)c1. The molecule has 2 aromatic rings. The zero-order valence-corrected chi connectivity index (χ0v) is 10.7. The lowest BCUT2D eigenvalue weighted by molar-refractivity contribution is -0.137. The lowest BCUT2D eigenvalue weighted by atomic mass is 9.94. The van der Waals surface area contributed by atoms with E-state index in [2.05, 4.69) is 0 Å². The lowest BCUT2D eigenvalue weighted by Crippen LogP contribution is -2.15. The third-order valence-corrected chi connectivity index (χ3v) is 3.14. The summed E-state index contributed by atoms with van der Waals surface area (Å²) in [4.78, 5) is 0. The summed E-state index contributed by atoms with van der Waals surface area (Å²) >= 11 is 0. The van der Waals surface area contributed by atoms with Gasteiger partial charge in [-0.2, -0.15) is 13.2 Å². The maximum Gasteiger partial charge on any atom is 0.416 e. The molecule has 0 aliphatic heterocycles. The van der Waals surface area contributed by atoms with Crippen molar-refractivity contribution in [1.82, 2.24) is 0 Å². The van der Waals surface area contributed by atoms with Crippen LogP contribution in [0.1, 0.15) is 28.3 Å². The fraction of sp³-hybridized carbons (Fsp3) is 0.200. The van der Waals surface area contributed by atoms with Crippen molar-refractivity contribution in [3.05, 3.63) is 70.5 Å². The van der Waals surface area contributed by atoms with Crippen molar-refractivity contribution >= 4 is 0 Å². The Hall–Kier alpha value is -1.88. The Morgan fingerprint density at radius 1 is 1.05 bits per heavy atom. The first-order valence-electron chi connectivity index (χ1n) is 5.98. The van der Waals surface area contributed by atoms with Gasteiger partial charge in [-0.25, -0.2) is 4.39 Å². The molecule has 0 aromatic heterocycles. The largest absolute Gasteiger partial charge is 0.416 e. The Balaban J connectivity index is 2.41. The Morgan fingerprint density at radius 2 is 1.75 bits per heavy atom. The molecule has 106 valence electrons. The summed E-state index contributed by atoms with van der Waals surface area (Å²) in [6.45, 7) is 1.67. The molecule has 2 N–H and O–H groups in total. The monoisotopic (exact) mass is 283 g/mol. The summed E-state index contributed by atoms with van der Waals surface area (Å²) in [6.07, 6.45) is -4.41. The van der Waals surface area contributed by atoms with Gasteiger partial charge < -0.3 is 5.73 Å². The van der Waals surface area contributed by atoms with Crippen LogP contribution in [0.4, 0.5) is 17.6 Å². The average Bonchev–Trinajstić information content (AvgIpc) is 2.37. The second-order valence-electron chi connectivity index (χ2n) is 4.60. The number of aryl methyl sites for hydroxylation is 1. The van der Waals surface area contributed by atoms with E-state index in [4.69, 9.17) is 5.73 Å². The third kappa shape index (κ3) is 2.99. The van der Waals surface area contributed by atoms with Gasteiger partial charge in [0.2, 0.25) is 0 Å². The summed E-state index contributed by atoms with van der Waals surface area (Å²) in [7, 11) is 0. The predicted octanol–water partition coefficient (Wildman–Crippen LogP) is 4.20. The molecule has 0 saturated heterocycles.